The molecule has 4 atom stereocenters. The minimum atomic E-state index is -1.06. The van der Waals surface area contributed by atoms with Crippen molar-refractivity contribution in [2.24, 2.45) is 0 Å². The Bertz CT molecular complexity index is 5100. The van der Waals surface area contributed by atoms with E-state index in [0.29, 0.717) is 19.6 Å². The Morgan fingerprint density at radius 3 is 0.518 bits per heavy atom. The topological polar surface area (TPSA) is 371 Å². The Hall–Kier alpha value is -10.6. The molecule has 0 saturated carbocycles. The number of rotatable bonds is 20. The molecule has 10 aromatic rings. The summed E-state index contributed by atoms with van der Waals surface area (Å²) in [5, 5.41) is 13.1. The van der Waals surface area contributed by atoms with E-state index in [2.05, 4.69) is 21.3 Å². The summed E-state index contributed by atoms with van der Waals surface area (Å²) in [6.45, 7) is 9.39. The Morgan fingerprint density at radius 1 is 0.259 bits per heavy atom. The van der Waals surface area contributed by atoms with Crippen LogP contribution in [0.15, 0.2) is 48.5 Å². The van der Waals surface area contributed by atoms with Gasteiger partial charge in [-0.3, -0.25) is 77.1 Å². The number of carbonyl (C=O) groups is 16. The van der Waals surface area contributed by atoms with Crippen LogP contribution in [0.25, 0.3) is 86.2 Å². The number of hydrogen-bond acceptors (Lipinski definition) is 20. The van der Waals surface area contributed by atoms with Crippen LogP contribution in [0.1, 0.15) is 138 Å². The van der Waals surface area contributed by atoms with Gasteiger partial charge in [-0.05, 0) is 104 Å². The molecule has 0 aromatic heterocycles. The molecule has 14 rings (SSSR count). The molecule has 4 heterocycles. The quantitative estimate of drug-likeness (QED) is 0.0181. The maximum Gasteiger partial charge on any atom is 0.328 e. The van der Waals surface area contributed by atoms with E-state index in [4.69, 9.17) is 112 Å². The fourth-order valence-electron chi connectivity index (χ4n) is 14.7. The summed E-state index contributed by atoms with van der Waals surface area (Å²) in [4.78, 5) is 215. The van der Waals surface area contributed by atoms with Crippen molar-refractivity contribution in [2.75, 3.05) is 52.6 Å². The highest BCUT2D eigenvalue weighted by Gasteiger charge is 2.45. The summed E-state index contributed by atoms with van der Waals surface area (Å²) < 4.78 is 19.7. The fourth-order valence-corrected chi connectivity index (χ4v) is 17.1. The van der Waals surface area contributed by atoms with Crippen molar-refractivity contribution in [2.45, 2.75) is 79.6 Å². The Morgan fingerprint density at radius 2 is 0.393 bits per heavy atom. The van der Waals surface area contributed by atoms with Gasteiger partial charge in [-0.15, -0.1) is 0 Å². The molecule has 4 aliphatic heterocycles. The van der Waals surface area contributed by atoms with Gasteiger partial charge in [-0.25, -0.2) is 19.2 Å². The van der Waals surface area contributed by atoms with Crippen molar-refractivity contribution in [1.29, 1.82) is 0 Å². The molecule has 576 valence electrons. The zero-order valence-corrected chi connectivity index (χ0v) is 65.6. The molecular formula is C76H56Cl8N8O20. The highest BCUT2D eigenvalue weighted by Crippen LogP contribution is 2.56. The molecule has 10 aromatic carbocycles. The maximum absolute atomic E-state index is 14.0. The highest BCUT2D eigenvalue weighted by molar-refractivity contribution is 6.58. The second-order valence-electron chi connectivity index (χ2n) is 26.2. The van der Waals surface area contributed by atoms with E-state index in [0.717, 1.165) is 0 Å². The van der Waals surface area contributed by atoms with Crippen molar-refractivity contribution in [3.05, 3.63) is 133 Å². The van der Waals surface area contributed by atoms with Gasteiger partial charge in [0.25, 0.3) is 47.3 Å². The minimum Gasteiger partial charge on any atom is -0.464 e. The largest absolute Gasteiger partial charge is 0.464 e. The summed E-state index contributed by atoms with van der Waals surface area (Å²) in [6.07, 6.45) is 0. The maximum atomic E-state index is 14.0. The molecule has 0 unspecified atom stereocenters. The average Bonchev–Trinajstić information content (AvgIpc) is 0.681. The van der Waals surface area contributed by atoms with Crippen LogP contribution in [0.5, 0.6) is 0 Å². The number of halogens is 8. The lowest BCUT2D eigenvalue weighted by Gasteiger charge is -2.31. The standard InChI is InChI=1S/2C38H28Cl4N4O10/c2*1-5-55-37(53)13(3)43-23(47)11-45-33(49)15-7-19(39)27-29-21(41)9-17-26-18(36(52)46(35(17)51)12-24(48)44-14(4)38(54)56-6-2)10-22(42)30(32(26)29)28-20(40)8-16(34(45)50)25(15)31(27)28/h2*7-10,13-14H,5-6,11-12H2,1-4H3,(H,43,47)(H,44,48)/t2*13-,14-/m00/s1. The van der Waals surface area contributed by atoms with Gasteiger partial charge in [0.1, 0.15) is 50.3 Å². The van der Waals surface area contributed by atoms with Gasteiger partial charge < -0.3 is 40.2 Å². The average molecular weight is 1680 g/mol. The summed E-state index contributed by atoms with van der Waals surface area (Å²) in [7, 11) is 0. The molecule has 0 aliphatic carbocycles. The number of nitrogens with zero attached hydrogens (tertiary/aromatic N) is 4. The van der Waals surface area contributed by atoms with Gasteiger partial charge in [0.15, 0.2) is 0 Å². The van der Waals surface area contributed by atoms with Gasteiger partial charge >= 0.3 is 23.9 Å². The Kier molecular flexibility index (Phi) is 21.4. The second-order valence-corrected chi connectivity index (χ2v) is 29.5. The zero-order valence-electron chi connectivity index (χ0n) is 59.6. The molecule has 12 amide bonds. The number of fused-ring (bicyclic) bond motifs is 4. The predicted octanol–water partition coefficient (Wildman–Crippen LogP) is 11.4. The number of amides is 12. The van der Waals surface area contributed by atoms with Crippen LogP contribution in [-0.4, -0.2) is 191 Å². The van der Waals surface area contributed by atoms with Gasteiger partial charge in [-0.2, -0.15) is 0 Å². The third-order valence-corrected chi connectivity index (χ3v) is 21.7. The van der Waals surface area contributed by atoms with Gasteiger partial charge in [0.05, 0.1) is 70.9 Å². The van der Waals surface area contributed by atoms with Crippen molar-refractivity contribution in [3.63, 3.8) is 0 Å². The van der Waals surface area contributed by atoms with Crippen molar-refractivity contribution >= 4 is 274 Å². The fraction of sp³-hybridized carbons (Fsp3) is 0.263. The minimum absolute atomic E-state index is 0.0168. The lowest BCUT2D eigenvalue weighted by Crippen LogP contribution is -2.49. The normalized spacial score (nSPS) is 14.9. The summed E-state index contributed by atoms with van der Waals surface area (Å²) in [6, 6.07) is 6.39. The lowest BCUT2D eigenvalue weighted by atomic mass is 9.82. The van der Waals surface area contributed by atoms with Gasteiger partial charge in [-0.1, -0.05) is 92.8 Å². The summed E-state index contributed by atoms with van der Waals surface area (Å²) >= 11 is 55.9. The first kappa shape index (κ1) is 79.5. The third kappa shape index (κ3) is 12.9. The molecule has 4 aliphatic rings. The molecule has 28 nitrogen and oxygen atoms in total. The summed E-state index contributed by atoms with van der Waals surface area (Å²) in [5.74, 6) is -12.8. The Balaban J connectivity index is 0.000000196. The van der Waals surface area contributed by atoms with Crippen LogP contribution in [0.4, 0.5) is 0 Å². The molecular weight excluding hydrogens is 1630 g/mol. The number of imide groups is 4. The number of nitrogens with one attached hydrogen (secondary N) is 4. The van der Waals surface area contributed by atoms with Crippen LogP contribution >= 0.6 is 92.8 Å². The molecule has 0 bridgehead atoms. The zero-order chi connectivity index (χ0) is 81.3. The molecule has 0 spiro atoms. The summed E-state index contributed by atoms with van der Waals surface area (Å²) in [5.41, 5.74) is -0.294. The molecule has 36 heteroatoms. The van der Waals surface area contributed by atoms with E-state index < -0.39 is 145 Å². The first-order valence-electron chi connectivity index (χ1n) is 34.3. The molecule has 0 radical (unpaired) electrons. The van der Waals surface area contributed by atoms with Gasteiger partial charge in [0, 0.05) is 126 Å². The number of carbonyl (C=O) groups excluding carboxylic acids is 16. The molecule has 0 saturated heterocycles. The molecule has 112 heavy (non-hydrogen) atoms. The van der Waals surface area contributed by atoms with Gasteiger partial charge in [0.2, 0.25) is 23.6 Å². The van der Waals surface area contributed by atoms with E-state index in [-0.39, 0.29) is 197 Å². The molecule has 0 fully saturated rings. The van der Waals surface area contributed by atoms with Crippen molar-refractivity contribution < 1.29 is 95.7 Å². The van der Waals surface area contributed by atoms with Crippen molar-refractivity contribution in [1.82, 2.24) is 40.9 Å². The highest BCUT2D eigenvalue weighted by atomic mass is 35.5. The monoisotopic (exact) mass is 1680 g/mol. The van der Waals surface area contributed by atoms with E-state index in [9.17, 15) is 76.7 Å². The third-order valence-electron chi connectivity index (χ3n) is 19.3. The van der Waals surface area contributed by atoms with Crippen LogP contribution in [0.2, 0.25) is 40.2 Å². The smallest absolute Gasteiger partial charge is 0.328 e. The van der Waals surface area contributed by atoms with Crippen LogP contribution in [-0.2, 0) is 57.3 Å². The lowest BCUT2D eigenvalue weighted by molar-refractivity contribution is -0.147. The van der Waals surface area contributed by atoms with E-state index in [1.165, 1.54) is 76.2 Å². The SMILES string of the molecule is CCOC(=O)[C@H](C)NC(=O)CN1C(=O)c2cc(Cl)c3c4c(Cl)cc5c6c(cc(Cl)c(c7c(Cl)cc(c2c37)C1=O)c64)C(=O)N(CC(=O)N[C@@H](C)C(=O)OCC)C5=O.CCOC(=O)[C@H](C)NC(=O)CN1C(=O)c2cc(Cl)c3c4c(Cl)cc5c6c(cc(Cl)c(c7c(Cl)cc(c2c37)C1=O)c64)C(=O)N(CC(=O)N[C@@H](C)C(=O)OCC)C5=O. The Labute approximate surface area is 671 Å². The van der Waals surface area contributed by atoms with Crippen LogP contribution in [0, 0.1) is 0 Å². The molecule has 4 N–H and O–H groups in total. The van der Waals surface area contributed by atoms with E-state index >= 15 is 0 Å². The first-order valence-corrected chi connectivity index (χ1v) is 37.3. The van der Waals surface area contributed by atoms with E-state index in [1.807, 2.05) is 0 Å². The van der Waals surface area contributed by atoms with Crippen molar-refractivity contribution in [3.8, 4) is 0 Å². The number of hydrogen-bond donors (Lipinski definition) is 4. The second kappa shape index (κ2) is 30.2. The predicted molar refractivity (Wildman–Crippen MR) is 414 cm³/mol. The van der Waals surface area contributed by atoms with E-state index in [1.54, 1.807) is 27.7 Å². The number of ether oxygens (including phenoxy) is 4. The van der Waals surface area contributed by atoms with Crippen LogP contribution in [0.3, 0.4) is 0 Å². The first-order chi connectivity index (χ1) is 53.0. The number of benzene rings is 10. The van der Waals surface area contributed by atoms with Crippen LogP contribution < -0.4 is 21.3 Å². The number of esters is 4.